The largest absolute Gasteiger partial charge is 0.350 e. The maximum atomic E-state index is 12.1. The van der Waals surface area contributed by atoms with Crippen LogP contribution in [0.5, 0.6) is 0 Å². The molecule has 0 bridgehead atoms. The Morgan fingerprint density at radius 3 is 2.55 bits per heavy atom. The van der Waals surface area contributed by atoms with E-state index >= 15 is 0 Å². The summed E-state index contributed by atoms with van der Waals surface area (Å²) in [5, 5.41) is 6.32. The lowest BCUT2D eigenvalue weighted by atomic mass is 10.4. The molecule has 0 aliphatic heterocycles. The molecule has 0 aliphatic rings. The first-order valence-corrected chi connectivity index (χ1v) is 8.99. The predicted molar refractivity (Wildman–Crippen MR) is 80.3 cm³/mol. The Labute approximate surface area is 125 Å². The highest BCUT2D eigenvalue weighted by molar-refractivity contribution is 7.91. The average molecular weight is 330 g/mol. The molecule has 1 amide bonds. The Bertz CT molecular complexity index is 648. The minimum Gasteiger partial charge on any atom is -0.350 e. The second-order valence-corrected chi connectivity index (χ2v) is 8.30. The third-order valence-electron chi connectivity index (χ3n) is 2.57. The van der Waals surface area contributed by atoms with Crippen LogP contribution in [0.4, 0.5) is 0 Å². The number of nitrogens with one attached hydrogen (secondary N) is 1. The second kappa shape index (κ2) is 6.49. The number of thiophene rings is 2. The molecule has 2 heterocycles. The third-order valence-corrected chi connectivity index (χ3v) is 6.62. The quantitative estimate of drug-likeness (QED) is 0.877. The third kappa shape index (κ3) is 3.66. The van der Waals surface area contributed by atoms with Gasteiger partial charge in [0, 0.05) is 11.9 Å². The zero-order valence-electron chi connectivity index (χ0n) is 10.8. The smallest absolute Gasteiger partial charge is 0.252 e. The Morgan fingerprint density at radius 2 is 1.95 bits per heavy atom. The molecule has 0 fully saturated rings. The van der Waals surface area contributed by atoms with Gasteiger partial charge in [-0.05, 0) is 22.9 Å². The van der Waals surface area contributed by atoms with Crippen LogP contribution < -0.4 is 5.32 Å². The van der Waals surface area contributed by atoms with Gasteiger partial charge in [0.05, 0.1) is 13.1 Å². The lowest BCUT2D eigenvalue weighted by Crippen LogP contribution is -2.37. The van der Waals surface area contributed by atoms with Crippen molar-refractivity contribution in [1.82, 2.24) is 9.62 Å². The van der Waals surface area contributed by atoms with E-state index in [0.717, 1.165) is 20.5 Å². The molecule has 2 aromatic rings. The molecular weight excluding hydrogens is 316 g/mol. The number of carbonyl (C=O) groups is 1. The monoisotopic (exact) mass is 330 g/mol. The first-order chi connectivity index (χ1) is 9.50. The Kier molecular flexibility index (Phi) is 4.92. The number of amides is 1. The molecule has 1 N–H and O–H groups in total. The minimum absolute atomic E-state index is 0.189. The van der Waals surface area contributed by atoms with Gasteiger partial charge in [-0.3, -0.25) is 4.79 Å². The van der Waals surface area contributed by atoms with Gasteiger partial charge in [0.2, 0.25) is 5.91 Å². The van der Waals surface area contributed by atoms with Crippen LogP contribution in [0, 0.1) is 0 Å². The van der Waals surface area contributed by atoms with E-state index in [1.807, 2.05) is 17.5 Å². The number of sulfonamides is 1. The lowest BCUT2D eigenvalue weighted by Gasteiger charge is -2.15. The summed E-state index contributed by atoms with van der Waals surface area (Å²) in [5.74, 6) is -0.318. The highest BCUT2D eigenvalue weighted by atomic mass is 32.2. The van der Waals surface area contributed by atoms with Crippen LogP contribution in [0.15, 0.2) is 39.2 Å². The van der Waals surface area contributed by atoms with Crippen molar-refractivity contribution in [1.29, 1.82) is 0 Å². The minimum atomic E-state index is -3.57. The van der Waals surface area contributed by atoms with Crippen molar-refractivity contribution < 1.29 is 13.2 Å². The molecule has 5 nitrogen and oxygen atoms in total. The molecule has 20 heavy (non-hydrogen) atoms. The molecule has 2 aromatic heterocycles. The van der Waals surface area contributed by atoms with E-state index in [-0.39, 0.29) is 16.7 Å². The number of carbonyl (C=O) groups excluding carboxylic acids is 1. The van der Waals surface area contributed by atoms with Crippen LogP contribution in [0.2, 0.25) is 0 Å². The molecule has 0 unspecified atom stereocenters. The van der Waals surface area contributed by atoms with Crippen LogP contribution in [-0.4, -0.2) is 32.2 Å². The lowest BCUT2D eigenvalue weighted by molar-refractivity contribution is -0.121. The Morgan fingerprint density at radius 1 is 1.25 bits per heavy atom. The van der Waals surface area contributed by atoms with E-state index in [1.54, 1.807) is 22.8 Å². The molecule has 2 rings (SSSR count). The molecule has 8 heteroatoms. The summed E-state index contributed by atoms with van der Waals surface area (Å²) in [5.41, 5.74) is 0. The molecule has 0 aromatic carbocycles. The van der Waals surface area contributed by atoms with Crippen LogP contribution in [0.25, 0.3) is 0 Å². The van der Waals surface area contributed by atoms with Gasteiger partial charge in [-0.2, -0.15) is 4.31 Å². The normalized spacial score (nSPS) is 11.7. The second-order valence-electron chi connectivity index (χ2n) is 4.05. The highest BCUT2D eigenvalue weighted by Crippen LogP contribution is 2.19. The number of hydrogen-bond donors (Lipinski definition) is 1. The number of likely N-dealkylation sites (N-methyl/N-ethyl adjacent to an activating group) is 1. The molecule has 0 radical (unpaired) electrons. The molecular formula is C12H14N2O3S3. The van der Waals surface area contributed by atoms with Gasteiger partial charge >= 0.3 is 0 Å². The first-order valence-electron chi connectivity index (χ1n) is 5.79. The van der Waals surface area contributed by atoms with Gasteiger partial charge in [-0.25, -0.2) is 8.42 Å². The van der Waals surface area contributed by atoms with Gasteiger partial charge in [0.25, 0.3) is 10.0 Å². The van der Waals surface area contributed by atoms with Crippen molar-refractivity contribution >= 4 is 38.6 Å². The van der Waals surface area contributed by atoms with E-state index in [2.05, 4.69) is 5.32 Å². The molecule has 0 atom stereocenters. The summed E-state index contributed by atoms with van der Waals surface area (Å²) < 4.78 is 25.5. The Hall–Kier alpha value is -1.22. The maximum Gasteiger partial charge on any atom is 0.252 e. The standard InChI is InChI=1S/C12H14N2O3S3/c1-14(20(16,17)12-5-3-7-19-12)9-11(15)13-8-10-4-2-6-18-10/h2-7H,8-9H2,1H3,(H,13,15). The van der Waals surface area contributed by atoms with E-state index in [4.69, 9.17) is 0 Å². The van der Waals surface area contributed by atoms with Gasteiger partial charge in [0.15, 0.2) is 0 Å². The van der Waals surface area contributed by atoms with Crippen LogP contribution in [-0.2, 0) is 21.4 Å². The fourth-order valence-corrected chi connectivity index (χ4v) is 4.48. The van der Waals surface area contributed by atoms with Crippen molar-refractivity contribution in [3.05, 3.63) is 39.9 Å². The Balaban J connectivity index is 1.91. The topological polar surface area (TPSA) is 66.5 Å². The van der Waals surface area contributed by atoms with E-state index < -0.39 is 10.0 Å². The van der Waals surface area contributed by atoms with E-state index in [9.17, 15) is 13.2 Å². The molecule has 0 saturated carbocycles. The first kappa shape index (κ1) is 15.2. The average Bonchev–Trinajstić information content (AvgIpc) is 3.09. The fourth-order valence-electron chi connectivity index (χ4n) is 1.51. The van der Waals surface area contributed by atoms with Crippen molar-refractivity contribution in [2.24, 2.45) is 0 Å². The van der Waals surface area contributed by atoms with Gasteiger partial charge in [-0.1, -0.05) is 12.1 Å². The number of rotatable bonds is 6. The van der Waals surface area contributed by atoms with Crippen LogP contribution >= 0.6 is 22.7 Å². The summed E-state index contributed by atoms with van der Waals surface area (Å²) in [4.78, 5) is 12.8. The van der Waals surface area contributed by atoms with Crippen molar-refractivity contribution in [3.63, 3.8) is 0 Å². The number of nitrogens with zero attached hydrogens (tertiary/aromatic N) is 1. The summed E-state index contributed by atoms with van der Waals surface area (Å²) in [6.07, 6.45) is 0. The van der Waals surface area contributed by atoms with E-state index in [1.165, 1.54) is 13.1 Å². The molecule has 0 spiro atoms. The van der Waals surface area contributed by atoms with Gasteiger partial charge in [0.1, 0.15) is 4.21 Å². The van der Waals surface area contributed by atoms with Crippen molar-refractivity contribution in [2.75, 3.05) is 13.6 Å². The fraction of sp³-hybridized carbons (Fsp3) is 0.250. The van der Waals surface area contributed by atoms with Crippen LogP contribution in [0.1, 0.15) is 4.88 Å². The summed E-state index contributed by atoms with van der Waals surface area (Å²) in [7, 11) is -2.17. The summed E-state index contributed by atoms with van der Waals surface area (Å²) in [6.45, 7) is 0.231. The predicted octanol–water partition coefficient (Wildman–Crippen LogP) is 1.75. The zero-order chi connectivity index (χ0) is 14.6. The highest BCUT2D eigenvalue weighted by Gasteiger charge is 2.23. The van der Waals surface area contributed by atoms with Gasteiger partial charge < -0.3 is 5.32 Å². The van der Waals surface area contributed by atoms with Crippen LogP contribution in [0.3, 0.4) is 0 Å². The molecule has 0 aliphatic carbocycles. The zero-order valence-corrected chi connectivity index (χ0v) is 13.2. The van der Waals surface area contributed by atoms with E-state index in [0.29, 0.717) is 6.54 Å². The van der Waals surface area contributed by atoms with Crippen molar-refractivity contribution in [3.8, 4) is 0 Å². The summed E-state index contributed by atoms with van der Waals surface area (Å²) >= 11 is 2.68. The SMILES string of the molecule is CN(CC(=O)NCc1cccs1)S(=O)(=O)c1cccs1. The molecule has 108 valence electrons. The number of hydrogen-bond acceptors (Lipinski definition) is 5. The van der Waals surface area contributed by atoms with Crippen molar-refractivity contribution in [2.45, 2.75) is 10.8 Å². The van der Waals surface area contributed by atoms with Gasteiger partial charge in [-0.15, -0.1) is 22.7 Å². The molecule has 0 saturated heterocycles. The summed E-state index contributed by atoms with van der Waals surface area (Å²) in [6, 6.07) is 7.01. The maximum absolute atomic E-state index is 12.1.